The average molecular weight is 285 g/mol. The van der Waals surface area contributed by atoms with E-state index >= 15 is 0 Å². The molecule has 0 amide bonds. The number of allylic oxidation sites excluding steroid dienone is 1. The highest BCUT2D eigenvalue weighted by atomic mass is 35.5. The minimum Gasteiger partial charge on any atom is -0.487 e. The summed E-state index contributed by atoms with van der Waals surface area (Å²) in [5.41, 5.74) is 1.10. The number of benzene rings is 1. The van der Waals surface area contributed by atoms with Crippen LogP contribution in [0.2, 0.25) is 5.02 Å². The maximum atomic E-state index is 5.99. The van der Waals surface area contributed by atoms with Gasteiger partial charge in [0, 0.05) is 5.02 Å². The van der Waals surface area contributed by atoms with Gasteiger partial charge in [0.05, 0.1) is 14.1 Å². The van der Waals surface area contributed by atoms with Gasteiger partial charge in [0.2, 0.25) is 0 Å². The van der Waals surface area contributed by atoms with E-state index in [9.17, 15) is 0 Å². The molecule has 0 aliphatic rings. The molecular formula is C15H25ClN2O+2. The molecule has 0 aromatic heterocycles. The lowest BCUT2D eigenvalue weighted by atomic mass is 10.1. The summed E-state index contributed by atoms with van der Waals surface area (Å²) in [5, 5.41) is 3.03. The van der Waals surface area contributed by atoms with E-state index in [0.717, 1.165) is 35.8 Å². The summed E-state index contributed by atoms with van der Waals surface area (Å²) in [6, 6.07) is 5.74. The van der Waals surface area contributed by atoms with Gasteiger partial charge in [0.25, 0.3) is 0 Å². The fraction of sp³-hybridized carbons (Fsp3) is 0.467. The molecule has 1 aromatic rings. The van der Waals surface area contributed by atoms with E-state index < -0.39 is 0 Å². The van der Waals surface area contributed by atoms with E-state index in [1.54, 1.807) is 0 Å². The van der Waals surface area contributed by atoms with Gasteiger partial charge >= 0.3 is 0 Å². The Balaban J connectivity index is 2.34. The van der Waals surface area contributed by atoms with Crippen molar-refractivity contribution in [3.8, 4) is 5.75 Å². The van der Waals surface area contributed by atoms with Gasteiger partial charge in [-0.25, -0.2) is 0 Å². The first-order valence-corrected chi connectivity index (χ1v) is 7.14. The largest absolute Gasteiger partial charge is 0.487 e. The average Bonchev–Trinajstić information content (AvgIpc) is 2.36. The summed E-state index contributed by atoms with van der Waals surface area (Å²) in [4.78, 5) is 1.48. The first-order chi connectivity index (χ1) is 9.13. The normalized spacial score (nSPS) is 10.7. The molecular weight excluding hydrogens is 260 g/mol. The Hall–Kier alpha value is -1.03. The SMILES string of the molecule is C=CCc1cc(Cl)ccc1OCC[NH2+]CC[NH+](C)C. The van der Waals surface area contributed by atoms with Gasteiger partial charge in [0.1, 0.15) is 32.0 Å². The molecule has 106 valence electrons. The Morgan fingerprint density at radius 3 is 2.84 bits per heavy atom. The van der Waals surface area contributed by atoms with Gasteiger partial charge in [-0.15, -0.1) is 6.58 Å². The number of ether oxygens (including phenoxy) is 1. The van der Waals surface area contributed by atoms with Gasteiger partial charge in [0.15, 0.2) is 0 Å². The molecule has 0 fully saturated rings. The van der Waals surface area contributed by atoms with Crippen LogP contribution in [0.5, 0.6) is 5.75 Å². The van der Waals surface area contributed by atoms with Crippen LogP contribution < -0.4 is 15.0 Å². The van der Waals surface area contributed by atoms with E-state index in [4.69, 9.17) is 16.3 Å². The van der Waals surface area contributed by atoms with E-state index in [-0.39, 0.29) is 0 Å². The summed E-state index contributed by atoms with van der Waals surface area (Å²) >= 11 is 5.99. The fourth-order valence-corrected chi connectivity index (χ4v) is 1.99. The molecule has 0 aliphatic heterocycles. The lowest BCUT2D eigenvalue weighted by Gasteiger charge is -2.11. The number of hydrogen-bond acceptors (Lipinski definition) is 1. The van der Waals surface area contributed by atoms with Crippen molar-refractivity contribution in [2.24, 2.45) is 0 Å². The number of likely N-dealkylation sites (N-methyl/N-ethyl adjacent to an activating group) is 1. The number of rotatable bonds is 9. The Morgan fingerprint density at radius 1 is 1.37 bits per heavy atom. The predicted molar refractivity (Wildman–Crippen MR) is 80.2 cm³/mol. The molecule has 0 bridgehead atoms. The Morgan fingerprint density at radius 2 is 2.16 bits per heavy atom. The van der Waals surface area contributed by atoms with Crippen LogP contribution in [0.4, 0.5) is 0 Å². The summed E-state index contributed by atoms with van der Waals surface area (Å²) in [7, 11) is 4.33. The number of quaternary nitrogens is 2. The molecule has 4 heteroatoms. The molecule has 3 N–H and O–H groups in total. The molecule has 0 saturated heterocycles. The number of hydrogen-bond donors (Lipinski definition) is 2. The third-order valence-electron chi connectivity index (χ3n) is 2.81. The molecule has 0 unspecified atom stereocenters. The van der Waals surface area contributed by atoms with Crippen molar-refractivity contribution in [2.45, 2.75) is 6.42 Å². The third kappa shape index (κ3) is 6.62. The van der Waals surface area contributed by atoms with Gasteiger partial charge < -0.3 is 15.0 Å². The van der Waals surface area contributed by atoms with Crippen LogP contribution in [0.15, 0.2) is 30.9 Å². The minimum atomic E-state index is 0.717. The Bertz CT molecular complexity index is 394. The predicted octanol–water partition coefficient (Wildman–Crippen LogP) is 0.155. The molecule has 19 heavy (non-hydrogen) atoms. The van der Waals surface area contributed by atoms with Crippen molar-refractivity contribution in [2.75, 3.05) is 40.3 Å². The highest BCUT2D eigenvalue weighted by Crippen LogP contribution is 2.23. The smallest absolute Gasteiger partial charge is 0.137 e. The zero-order valence-electron chi connectivity index (χ0n) is 11.9. The first-order valence-electron chi connectivity index (χ1n) is 6.76. The van der Waals surface area contributed by atoms with E-state index in [1.807, 2.05) is 24.3 Å². The van der Waals surface area contributed by atoms with Crippen LogP contribution in [0, 0.1) is 0 Å². The second-order valence-electron chi connectivity index (χ2n) is 4.92. The quantitative estimate of drug-likeness (QED) is 0.491. The van der Waals surface area contributed by atoms with Crippen molar-refractivity contribution in [1.82, 2.24) is 0 Å². The number of nitrogens with two attached hydrogens (primary N) is 1. The summed E-state index contributed by atoms with van der Waals surface area (Å²) in [6.45, 7) is 7.75. The molecule has 0 aliphatic carbocycles. The lowest BCUT2D eigenvalue weighted by Crippen LogP contribution is -3.09. The number of halogens is 1. The second-order valence-corrected chi connectivity index (χ2v) is 5.35. The maximum Gasteiger partial charge on any atom is 0.137 e. The minimum absolute atomic E-state index is 0.717. The zero-order chi connectivity index (χ0) is 14.1. The van der Waals surface area contributed by atoms with Crippen LogP contribution in [0.3, 0.4) is 0 Å². The van der Waals surface area contributed by atoms with Crippen LogP contribution in [0.25, 0.3) is 0 Å². The lowest BCUT2D eigenvalue weighted by molar-refractivity contribution is -0.874. The molecule has 1 rings (SSSR count). The highest BCUT2D eigenvalue weighted by molar-refractivity contribution is 6.30. The molecule has 0 heterocycles. The van der Waals surface area contributed by atoms with Crippen molar-refractivity contribution >= 4 is 11.6 Å². The van der Waals surface area contributed by atoms with Crippen LogP contribution in [0.1, 0.15) is 5.56 Å². The van der Waals surface area contributed by atoms with Crippen molar-refractivity contribution in [3.05, 3.63) is 41.4 Å². The summed E-state index contributed by atoms with van der Waals surface area (Å²) < 4.78 is 5.81. The zero-order valence-corrected chi connectivity index (χ0v) is 12.7. The van der Waals surface area contributed by atoms with Crippen LogP contribution >= 0.6 is 11.6 Å². The monoisotopic (exact) mass is 284 g/mol. The molecule has 0 atom stereocenters. The second kappa shape index (κ2) is 8.97. The molecule has 0 spiro atoms. The summed E-state index contributed by atoms with van der Waals surface area (Å²) in [5.74, 6) is 0.913. The van der Waals surface area contributed by atoms with E-state index in [2.05, 4.69) is 26.0 Å². The summed E-state index contributed by atoms with van der Waals surface area (Å²) in [6.07, 6.45) is 2.65. The van der Waals surface area contributed by atoms with Gasteiger partial charge in [-0.2, -0.15) is 0 Å². The topological polar surface area (TPSA) is 30.3 Å². The fourth-order valence-electron chi connectivity index (χ4n) is 1.79. The van der Waals surface area contributed by atoms with Gasteiger partial charge in [-0.1, -0.05) is 17.7 Å². The molecule has 1 aromatic carbocycles. The van der Waals surface area contributed by atoms with Gasteiger partial charge in [-0.3, -0.25) is 0 Å². The van der Waals surface area contributed by atoms with Gasteiger partial charge in [-0.05, 0) is 30.2 Å². The molecule has 0 radical (unpaired) electrons. The Labute approximate surface area is 121 Å². The molecule has 0 saturated carbocycles. The highest BCUT2D eigenvalue weighted by Gasteiger charge is 2.04. The first kappa shape index (κ1) is 16.0. The van der Waals surface area contributed by atoms with Crippen molar-refractivity contribution < 1.29 is 15.0 Å². The maximum absolute atomic E-state index is 5.99. The third-order valence-corrected chi connectivity index (χ3v) is 3.05. The standard InChI is InChI=1S/C15H23ClN2O/c1-4-5-13-12-14(16)6-7-15(13)19-11-9-17-8-10-18(2)3/h4,6-7,12,17H,1,5,8-11H2,2-3H3/p+2. The van der Waals surface area contributed by atoms with E-state index in [0.29, 0.717) is 6.61 Å². The van der Waals surface area contributed by atoms with Crippen LogP contribution in [-0.4, -0.2) is 40.3 Å². The Kier molecular flexibility index (Phi) is 7.56. The van der Waals surface area contributed by atoms with Crippen molar-refractivity contribution in [3.63, 3.8) is 0 Å². The van der Waals surface area contributed by atoms with Crippen molar-refractivity contribution in [1.29, 1.82) is 0 Å². The van der Waals surface area contributed by atoms with E-state index in [1.165, 1.54) is 11.4 Å². The van der Waals surface area contributed by atoms with Crippen LogP contribution in [-0.2, 0) is 6.42 Å². The molecule has 3 nitrogen and oxygen atoms in total. The number of nitrogens with one attached hydrogen (secondary N) is 1.